The SMILES string of the molecule is C=CC(C)c1c[nH]c2cc3c(cc12)OCO3. The summed E-state index contributed by atoms with van der Waals surface area (Å²) >= 11 is 0. The topological polar surface area (TPSA) is 34.2 Å². The summed E-state index contributed by atoms with van der Waals surface area (Å²) in [5.74, 6) is 1.96. The van der Waals surface area contributed by atoms with Crippen molar-refractivity contribution in [1.82, 2.24) is 4.98 Å². The highest BCUT2D eigenvalue weighted by molar-refractivity contribution is 5.87. The molecule has 1 aromatic heterocycles. The van der Waals surface area contributed by atoms with Crippen molar-refractivity contribution in [2.24, 2.45) is 0 Å². The lowest BCUT2D eigenvalue weighted by Gasteiger charge is -2.04. The number of H-pyrrole nitrogens is 1. The molecule has 1 aliphatic rings. The molecule has 0 radical (unpaired) electrons. The molecular formula is C13H13NO2. The van der Waals surface area contributed by atoms with Crippen molar-refractivity contribution in [3.8, 4) is 11.5 Å². The summed E-state index contributed by atoms with van der Waals surface area (Å²) in [4.78, 5) is 3.25. The van der Waals surface area contributed by atoms with E-state index in [1.54, 1.807) is 0 Å². The van der Waals surface area contributed by atoms with Crippen LogP contribution in [0.3, 0.4) is 0 Å². The summed E-state index contributed by atoms with van der Waals surface area (Å²) in [6, 6.07) is 4.01. The first-order valence-electron chi connectivity index (χ1n) is 5.33. The molecule has 1 N–H and O–H groups in total. The van der Waals surface area contributed by atoms with Crippen LogP contribution in [0.5, 0.6) is 11.5 Å². The summed E-state index contributed by atoms with van der Waals surface area (Å²) in [5, 5.41) is 1.18. The molecule has 2 aromatic rings. The number of nitrogens with one attached hydrogen (secondary N) is 1. The van der Waals surface area contributed by atoms with E-state index in [-0.39, 0.29) is 0 Å². The molecule has 3 nitrogen and oxygen atoms in total. The number of hydrogen-bond acceptors (Lipinski definition) is 2. The highest BCUT2D eigenvalue weighted by atomic mass is 16.7. The zero-order chi connectivity index (χ0) is 11.1. The van der Waals surface area contributed by atoms with E-state index in [9.17, 15) is 0 Å². The van der Waals surface area contributed by atoms with Gasteiger partial charge in [0.1, 0.15) is 0 Å². The van der Waals surface area contributed by atoms with E-state index in [1.807, 2.05) is 24.4 Å². The third-order valence-electron chi connectivity index (χ3n) is 3.05. The van der Waals surface area contributed by atoms with Crippen LogP contribution in [0.25, 0.3) is 10.9 Å². The summed E-state index contributed by atoms with van der Waals surface area (Å²) in [6.07, 6.45) is 3.96. The van der Waals surface area contributed by atoms with Crippen molar-refractivity contribution in [3.63, 3.8) is 0 Å². The molecule has 1 aromatic carbocycles. The maximum atomic E-state index is 5.38. The minimum Gasteiger partial charge on any atom is -0.454 e. The lowest BCUT2D eigenvalue weighted by atomic mass is 10.0. The van der Waals surface area contributed by atoms with Gasteiger partial charge in [-0.3, -0.25) is 0 Å². The molecular weight excluding hydrogens is 202 g/mol. The van der Waals surface area contributed by atoms with Crippen LogP contribution < -0.4 is 9.47 Å². The van der Waals surface area contributed by atoms with Crippen molar-refractivity contribution >= 4 is 10.9 Å². The number of allylic oxidation sites excluding steroid dienone is 1. The largest absolute Gasteiger partial charge is 0.454 e. The number of hydrogen-bond donors (Lipinski definition) is 1. The molecule has 0 spiro atoms. The first kappa shape index (κ1) is 9.33. The predicted molar refractivity (Wildman–Crippen MR) is 63.0 cm³/mol. The van der Waals surface area contributed by atoms with Crippen molar-refractivity contribution in [2.45, 2.75) is 12.8 Å². The van der Waals surface area contributed by atoms with Gasteiger partial charge in [0.15, 0.2) is 11.5 Å². The van der Waals surface area contributed by atoms with Crippen molar-refractivity contribution < 1.29 is 9.47 Å². The van der Waals surface area contributed by atoms with Crippen LogP contribution in [-0.4, -0.2) is 11.8 Å². The number of fused-ring (bicyclic) bond motifs is 2. The predicted octanol–water partition coefficient (Wildman–Crippen LogP) is 3.19. The lowest BCUT2D eigenvalue weighted by molar-refractivity contribution is 0.174. The van der Waals surface area contributed by atoms with Gasteiger partial charge < -0.3 is 14.5 Å². The molecule has 0 saturated carbocycles. The van der Waals surface area contributed by atoms with Crippen molar-refractivity contribution in [3.05, 3.63) is 36.5 Å². The van der Waals surface area contributed by atoms with Crippen molar-refractivity contribution in [2.75, 3.05) is 6.79 Å². The molecule has 0 fully saturated rings. The Kier molecular flexibility index (Phi) is 1.93. The van der Waals surface area contributed by atoms with E-state index >= 15 is 0 Å². The maximum Gasteiger partial charge on any atom is 0.231 e. The van der Waals surface area contributed by atoms with Crippen LogP contribution in [-0.2, 0) is 0 Å². The quantitative estimate of drug-likeness (QED) is 0.780. The number of benzene rings is 1. The number of aromatic nitrogens is 1. The Balaban J connectivity index is 2.22. The fourth-order valence-electron chi connectivity index (χ4n) is 2.04. The average Bonchev–Trinajstić information content (AvgIpc) is 2.90. The molecule has 16 heavy (non-hydrogen) atoms. The molecule has 1 atom stereocenters. The smallest absolute Gasteiger partial charge is 0.231 e. The van der Waals surface area contributed by atoms with Gasteiger partial charge in [-0.15, -0.1) is 6.58 Å². The van der Waals surface area contributed by atoms with Gasteiger partial charge in [-0.2, -0.15) is 0 Å². The number of rotatable bonds is 2. The average molecular weight is 215 g/mol. The lowest BCUT2D eigenvalue weighted by Crippen LogP contribution is -1.92. The highest BCUT2D eigenvalue weighted by Crippen LogP contribution is 2.38. The molecule has 0 amide bonds. The molecule has 3 heteroatoms. The van der Waals surface area contributed by atoms with E-state index < -0.39 is 0 Å². The molecule has 0 bridgehead atoms. The minimum absolute atomic E-state index is 0.314. The third kappa shape index (κ3) is 1.21. The highest BCUT2D eigenvalue weighted by Gasteiger charge is 2.17. The van der Waals surface area contributed by atoms with Gasteiger partial charge in [0.25, 0.3) is 0 Å². The van der Waals surface area contributed by atoms with Crippen LogP contribution in [0.4, 0.5) is 0 Å². The van der Waals surface area contributed by atoms with Gasteiger partial charge in [-0.25, -0.2) is 0 Å². The van der Waals surface area contributed by atoms with E-state index in [1.165, 1.54) is 10.9 Å². The Labute approximate surface area is 93.7 Å². The molecule has 1 aliphatic heterocycles. The third-order valence-corrected chi connectivity index (χ3v) is 3.05. The molecule has 0 aliphatic carbocycles. The zero-order valence-electron chi connectivity index (χ0n) is 9.12. The van der Waals surface area contributed by atoms with Gasteiger partial charge in [0.2, 0.25) is 6.79 Å². The summed E-state index contributed by atoms with van der Waals surface area (Å²) in [5.41, 5.74) is 2.32. The van der Waals surface area contributed by atoms with Gasteiger partial charge in [-0.1, -0.05) is 13.0 Å². The van der Waals surface area contributed by atoms with Gasteiger partial charge in [0.05, 0.1) is 0 Å². The number of ether oxygens (including phenoxy) is 2. The maximum absolute atomic E-state index is 5.38. The second-order valence-corrected chi connectivity index (χ2v) is 4.02. The molecule has 2 heterocycles. The monoisotopic (exact) mass is 215 g/mol. The standard InChI is InChI=1S/C13H13NO2/c1-3-8(2)10-6-14-11-5-13-12(4-9(10)11)15-7-16-13/h3-6,8,14H,1,7H2,2H3. The fraction of sp³-hybridized carbons (Fsp3) is 0.231. The molecule has 3 rings (SSSR count). The Morgan fingerprint density at radius 1 is 1.38 bits per heavy atom. The fourth-order valence-corrected chi connectivity index (χ4v) is 2.04. The van der Waals surface area contributed by atoms with Crippen LogP contribution in [0, 0.1) is 0 Å². The summed E-state index contributed by atoms with van der Waals surface area (Å²) in [7, 11) is 0. The van der Waals surface area contributed by atoms with Crippen LogP contribution >= 0.6 is 0 Å². The second kappa shape index (κ2) is 3.30. The first-order chi connectivity index (χ1) is 7.79. The van der Waals surface area contributed by atoms with E-state index in [4.69, 9.17) is 9.47 Å². The Morgan fingerprint density at radius 3 is 2.88 bits per heavy atom. The minimum atomic E-state index is 0.314. The van der Waals surface area contributed by atoms with Crippen molar-refractivity contribution in [1.29, 1.82) is 0 Å². The second-order valence-electron chi connectivity index (χ2n) is 4.02. The normalized spacial score (nSPS) is 15.3. The van der Waals surface area contributed by atoms with Crippen LogP contribution in [0.2, 0.25) is 0 Å². The Hall–Kier alpha value is -1.90. The Bertz CT molecular complexity index is 556. The molecule has 0 saturated heterocycles. The molecule has 1 unspecified atom stereocenters. The summed E-state index contributed by atoms with van der Waals surface area (Å²) < 4.78 is 10.7. The van der Waals surface area contributed by atoms with Crippen LogP contribution in [0.15, 0.2) is 31.0 Å². The first-order valence-corrected chi connectivity index (χ1v) is 5.33. The van der Waals surface area contributed by atoms with Gasteiger partial charge in [-0.05, 0) is 11.6 Å². The van der Waals surface area contributed by atoms with E-state index in [0.29, 0.717) is 12.7 Å². The van der Waals surface area contributed by atoms with Gasteiger partial charge >= 0.3 is 0 Å². The van der Waals surface area contributed by atoms with E-state index in [2.05, 4.69) is 18.5 Å². The molecule has 82 valence electrons. The van der Waals surface area contributed by atoms with Gasteiger partial charge in [0, 0.05) is 29.1 Å². The number of aromatic amines is 1. The summed E-state index contributed by atoms with van der Waals surface area (Å²) in [6.45, 7) is 6.27. The van der Waals surface area contributed by atoms with Crippen LogP contribution in [0.1, 0.15) is 18.4 Å². The zero-order valence-corrected chi connectivity index (χ0v) is 9.12. The Morgan fingerprint density at radius 2 is 2.12 bits per heavy atom. The van der Waals surface area contributed by atoms with E-state index in [0.717, 1.165) is 17.0 Å².